The molecule has 1 amide bonds. The molecule has 8 heteroatoms. The number of carbonyl (C=O) groups excluding carboxylic acids is 1. The van der Waals surface area contributed by atoms with Crippen LogP contribution in [0.25, 0.3) is 10.3 Å². The highest BCUT2D eigenvalue weighted by atomic mass is 35.5. The first-order valence-corrected chi connectivity index (χ1v) is 7.60. The highest BCUT2D eigenvalue weighted by Crippen LogP contribution is 2.28. The van der Waals surface area contributed by atoms with Gasteiger partial charge >= 0.3 is 0 Å². The van der Waals surface area contributed by atoms with E-state index in [1.165, 1.54) is 22.7 Å². The molecule has 3 heterocycles. The lowest BCUT2D eigenvalue weighted by atomic mass is 10.4. The lowest BCUT2D eigenvalue weighted by molar-refractivity contribution is 0.103. The Bertz CT molecular complexity index is 784. The van der Waals surface area contributed by atoms with Gasteiger partial charge < -0.3 is 4.74 Å². The molecule has 0 aliphatic heterocycles. The summed E-state index contributed by atoms with van der Waals surface area (Å²) in [5.74, 6) is 0.247. The van der Waals surface area contributed by atoms with Crippen molar-refractivity contribution >= 4 is 55.7 Å². The molecule has 0 fully saturated rings. The fourth-order valence-electron chi connectivity index (χ4n) is 1.58. The van der Waals surface area contributed by atoms with Crippen molar-refractivity contribution < 1.29 is 9.53 Å². The topological polar surface area (TPSA) is 64.1 Å². The van der Waals surface area contributed by atoms with E-state index in [1.54, 1.807) is 30.7 Å². The molecule has 3 rings (SSSR count). The number of ether oxygens (including phenoxy) is 1. The van der Waals surface area contributed by atoms with Gasteiger partial charge in [0, 0.05) is 6.07 Å². The van der Waals surface area contributed by atoms with Crippen molar-refractivity contribution in [1.29, 1.82) is 0 Å². The van der Waals surface area contributed by atoms with Crippen LogP contribution in [0.5, 0.6) is 5.88 Å². The fourth-order valence-corrected chi connectivity index (χ4v) is 3.44. The molecule has 0 aromatic carbocycles. The number of hydrogen-bond acceptors (Lipinski definition) is 6. The van der Waals surface area contributed by atoms with Gasteiger partial charge in [-0.25, -0.2) is 9.97 Å². The monoisotopic (exact) mass is 325 g/mol. The lowest BCUT2D eigenvalue weighted by Gasteiger charge is -1.98. The Morgan fingerprint density at radius 1 is 1.35 bits per heavy atom. The number of hydrogen-bond donors (Lipinski definition) is 1. The average molecular weight is 326 g/mol. The van der Waals surface area contributed by atoms with E-state index in [1.807, 2.05) is 0 Å². The van der Waals surface area contributed by atoms with E-state index in [4.69, 9.17) is 16.3 Å². The lowest BCUT2D eigenvalue weighted by Crippen LogP contribution is -2.10. The van der Waals surface area contributed by atoms with Crippen LogP contribution < -0.4 is 10.1 Å². The average Bonchev–Trinajstić information content (AvgIpc) is 3.03. The maximum absolute atomic E-state index is 12.0. The smallest absolute Gasteiger partial charge is 0.269 e. The Balaban J connectivity index is 1.88. The molecule has 3 aromatic heterocycles. The van der Waals surface area contributed by atoms with E-state index in [-0.39, 0.29) is 5.91 Å². The number of amides is 1. The molecule has 0 radical (unpaired) electrons. The van der Waals surface area contributed by atoms with Gasteiger partial charge in [0.15, 0.2) is 5.13 Å². The van der Waals surface area contributed by atoms with Crippen molar-refractivity contribution in [2.24, 2.45) is 0 Å². The quantitative estimate of drug-likeness (QED) is 0.798. The van der Waals surface area contributed by atoms with Gasteiger partial charge in [-0.1, -0.05) is 22.9 Å². The largest absolute Gasteiger partial charge is 0.481 e. The van der Waals surface area contributed by atoms with Crippen molar-refractivity contribution in [2.45, 2.75) is 0 Å². The summed E-state index contributed by atoms with van der Waals surface area (Å²) in [6.45, 7) is 0. The van der Waals surface area contributed by atoms with Crippen molar-refractivity contribution in [3.63, 3.8) is 0 Å². The van der Waals surface area contributed by atoms with Crippen LogP contribution >= 0.6 is 34.3 Å². The highest BCUT2D eigenvalue weighted by molar-refractivity contribution is 7.22. The number of rotatable bonds is 3. The van der Waals surface area contributed by atoms with Crippen molar-refractivity contribution in [3.8, 4) is 5.88 Å². The molecule has 102 valence electrons. The van der Waals surface area contributed by atoms with E-state index in [0.717, 1.165) is 0 Å². The summed E-state index contributed by atoms with van der Waals surface area (Å²) in [7, 11) is 1.55. The molecule has 20 heavy (non-hydrogen) atoms. The SMILES string of the molecule is COc1ccc2nc(NC(=O)c3sccc3Cl)sc2n1. The van der Waals surface area contributed by atoms with Gasteiger partial charge in [-0.15, -0.1) is 11.3 Å². The van der Waals surface area contributed by atoms with Crippen LogP contribution in [0.1, 0.15) is 9.67 Å². The van der Waals surface area contributed by atoms with E-state index < -0.39 is 0 Å². The molecule has 0 saturated carbocycles. The number of carbonyl (C=O) groups is 1. The zero-order valence-electron chi connectivity index (χ0n) is 10.2. The zero-order chi connectivity index (χ0) is 14.1. The van der Waals surface area contributed by atoms with Crippen molar-refractivity contribution in [1.82, 2.24) is 9.97 Å². The van der Waals surface area contributed by atoms with Gasteiger partial charge in [-0.05, 0) is 17.5 Å². The van der Waals surface area contributed by atoms with Crippen LogP contribution in [-0.4, -0.2) is 23.0 Å². The summed E-state index contributed by atoms with van der Waals surface area (Å²) in [5, 5.41) is 5.41. The first-order chi connectivity index (χ1) is 9.67. The number of anilines is 1. The van der Waals surface area contributed by atoms with Gasteiger partial charge in [-0.3, -0.25) is 10.1 Å². The van der Waals surface area contributed by atoms with Gasteiger partial charge in [0.2, 0.25) is 5.88 Å². The summed E-state index contributed by atoms with van der Waals surface area (Å²) in [6, 6.07) is 5.21. The van der Waals surface area contributed by atoms with E-state index in [2.05, 4.69) is 15.3 Å². The number of nitrogens with zero attached hydrogens (tertiary/aromatic N) is 2. The van der Waals surface area contributed by atoms with E-state index in [0.29, 0.717) is 31.3 Å². The maximum atomic E-state index is 12.0. The standard InChI is InChI=1S/C12H8ClN3O2S2/c1-18-8-3-2-7-11(15-8)20-12(14-7)16-10(17)9-6(13)4-5-19-9/h2-5H,1H3,(H,14,16,17). The molecular formula is C12H8ClN3O2S2. The summed E-state index contributed by atoms with van der Waals surface area (Å²) < 4.78 is 5.05. The van der Waals surface area contributed by atoms with Crippen LogP contribution in [0.15, 0.2) is 23.6 Å². The molecule has 0 atom stereocenters. The van der Waals surface area contributed by atoms with E-state index in [9.17, 15) is 4.79 Å². The first kappa shape index (κ1) is 13.3. The highest BCUT2D eigenvalue weighted by Gasteiger charge is 2.14. The summed E-state index contributed by atoms with van der Waals surface area (Å²) in [5.41, 5.74) is 0.711. The third-order valence-electron chi connectivity index (χ3n) is 2.48. The fraction of sp³-hybridized carbons (Fsp3) is 0.0833. The van der Waals surface area contributed by atoms with Crippen LogP contribution in [0.4, 0.5) is 5.13 Å². The Morgan fingerprint density at radius 2 is 2.20 bits per heavy atom. The van der Waals surface area contributed by atoms with Gasteiger partial charge in [0.05, 0.1) is 12.1 Å². The van der Waals surface area contributed by atoms with Crippen LogP contribution in [-0.2, 0) is 0 Å². The number of pyridine rings is 1. The number of thiophene rings is 1. The Morgan fingerprint density at radius 3 is 2.90 bits per heavy atom. The van der Waals surface area contributed by atoms with Gasteiger partial charge in [0.1, 0.15) is 15.2 Å². The predicted molar refractivity (Wildman–Crippen MR) is 81.2 cm³/mol. The minimum absolute atomic E-state index is 0.268. The molecule has 0 spiro atoms. The second-order valence-corrected chi connectivity index (χ2v) is 6.05. The molecule has 0 unspecified atom stereocenters. The van der Waals surface area contributed by atoms with Crippen molar-refractivity contribution in [2.75, 3.05) is 12.4 Å². The summed E-state index contributed by atoms with van der Waals surface area (Å²) in [4.78, 5) is 21.8. The van der Waals surface area contributed by atoms with Crippen LogP contribution in [0.2, 0.25) is 5.02 Å². The Kier molecular flexibility index (Phi) is 3.56. The second kappa shape index (κ2) is 5.35. The normalized spacial score (nSPS) is 10.7. The summed E-state index contributed by atoms with van der Waals surface area (Å²) >= 11 is 8.50. The number of thiazole rings is 1. The molecule has 1 N–H and O–H groups in total. The minimum atomic E-state index is -0.268. The summed E-state index contributed by atoms with van der Waals surface area (Å²) in [6.07, 6.45) is 0. The van der Waals surface area contributed by atoms with Gasteiger partial charge in [-0.2, -0.15) is 0 Å². The molecular weight excluding hydrogens is 318 g/mol. The molecule has 0 aliphatic carbocycles. The molecule has 0 saturated heterocycles. The van der Waals surface area contributed by atoms with E-state index >= 15 is 0 Å². The first-order valence-electron chi connectivity index (χ1n) is 5.53. The zero-order valence-corrected chi connectivity index (χ0v) is 12.6. The minimum Gasteiger partial charge on any atom is -0.481 e. The third-order valence-corrected chi connectivity index (χ3v) is 4.70. The van der Waals surface area contributed by atoms with Gasteiger partial charge in [0.25, 0.3) is 5.91 Å². The number of aromatic nitrogens is 2. The Hall–Kier alpha value is -1.70. The second-order valence-electron chi connectivity index (χ2n) is 3.75. The third kappa shape index (κ3) is 2.47. The number of halogens is 1. The van der Waals surface area contributed by atoms with Crippen molar-refractivity contribution in [3.05, 3.63) is 33.5 Å². The Labute approximate surface area is 127 Å². The molecule has 3 aromatic rings. The molecule has 0 bridgehead atoms. The molecule has 0 aliphatic rings. The number of nitrogens with one attached hydrogen (secondary N) is 1. The van der Waals surface area contributed by atoms with Crippen LogP contribution in [0.3, 0.4) is 0 Å². The number of methoxy groups -OCH3 is 1. The van der Waals surface area contributed by atoms with Crippen LogP contribution in [0, 0.1) is 0 Å². The molecule has 5 nitrogen and oxygen atoms in total. The predicted octanol–water partition coefficient (Wildman–Crippen LogP) is 3.67. The maximum Gasteiger partial charge on any atom is 0.269 e. The number of fused-ring (bicyclic) bond motifs is 1.